The Hall–Kier alpha value is -3.60. The van der Waals surface area contributed by atoms with E-state index in [9.17, 15) is 10.1 Å². The molecule has 33 heavy (non-hydrogen) atoms. The van der Waals surface area contributed by atoms with Crippen molar-refractivity contribution < 1.29 is 4.92 Å². The fraction of sp³-hybridized carbons (Fsp3) is 0.143. The van der Waals surface area contributed by atoms with Crippen LogP contribution in [0.5, 0.6) is 0 Å². The van der Waals surface area contributed by atoms with E-state index in [1.807, 2.05) is 6.07 Å². The summed E-state index contributed by atoms with van der Waals surface area (Å²) in [4.78, 5) is 30.8. The van der Waals surface area contributed by atoms with E-state index in [4.69, 9.17) is 28.2 Å². The van der Waals surface area contributed by atoms with Crippen LogP contribution in [0.3, 0.4) is 0 Å². The van der Waals surface area contributed by atoms with Crippen molar-refractivity contribution in [2.45, 2.75) is 6.54 Å². The Kier molecular flexibility index (Phi) is 7.08. The highest BCUT2D eigenvalue weighted by Gasteiger charge is 2.16. The minimum absolute atomic E-state index is 0.0505. The molecule has 3 N–H and O–H groups in total. The van der Waals surface area contributed by atoms with E-state index in [2.05, 4.69) is 30.6 Å². The first-order chi connectivity index (χ1) is 16.0. The topological polar surface area (TPSA) is 135 Å². The van der Waals surface area contributed by atoms with Crippen LogP contribution in [0.1, 0.15) is 5.82 Å². The van der Waals surface area contributed by atoms with Gasteiger partial charge in [-0.3, -0.25) is 10.1 Å². The Morgan fingerprint density at radius 3 is 2.61 bits per heavy atom. The standard InChI is InChI=1S/C21H18Cl2N8O2/c22-13-1-3-15(17(23)9-13)20-16(21-26-7-8-27-21)11-29-19(30-20)12-24-5-6-25-18-4-2-14(10-28-18)31(32)33/h1-4,7-11,24H,5-6,12H2,(H,25,28)(H,26,27). The number of anilines is 1. The lowest BCUT2D eigenvalue weighted by Gasteiger charge is -2.11. The molecule has 3 heterocycles. The highest BCUT2D eigenvalue weighted by atomic mass is 35.5. The van der Waals surface area contributed by atoms with Gasteiger partial charge in [-0.2, -0.15) is 0 Å². The molecule has 0 fully saturated rings. The third-order valence-corrected chi connectivity index (χ3v) is 5.18. The van der Waals surface area contributed by atoms with Gasteiger partial charge in [0.05, 0.1) is 27.7 Å². The van der Waals surface area contributed by atoms with Gasteiger partial charge in [0.2, 0.25) is 0 Å². The summed E-state index contributed by atoms with van der Waals surface area (Å²) < 4.78 is 0. The van der Waals surface area contributed by atoms with Gasteiger partial charge in [0, 0.05) is 48.3 Å². The number of rotatable bonds is 9. The van der Waals surface area contributed by atoms with Crippen LogP contribution < -0.4 is 10.6 Å². The van der Waals surface area contributed by atoms with Crippen molar-refractivity contribution in [3.05, 3.63) is 81.1 Å². The minimum atomic E-state index is -0.485. The van der Waals surface area contributed by atoms with E-state index in [1.54, 1.807) is 36.8 Å². The van der Waals surface area contributed by atoms with Crippen LogP contribution in [0, 0.1) is 10.1 Å². The van der Waals surface area contributed by atoms with Crippen LogP contribution in [0.15, 0.2) is 55.1 Å². The van der Waals surface area contributed by atoms with Crippen molar-refractivity contribution in [1.29, 1.82) is 0 Å². The SMILES string of the molecule is O=[N+]([O-])c1ccc(NCCNCc2ncc(-c3ncc[nH]3)c(-c3ccc(Cl)cc3Cl)n2)nc1. The molecule has 12 heteroatoms. The van der Waals surface area contributed by atoms with Crippen molar-refractivity contribution in [1.82, 2.24) is 30.2 Å². The molecular weight excluding hydrogens is 467 g/mol. The van der Waals surface area contributed by atoms with Gasteiger partial charge in [-0.05, 0) is 24.3 Å². The second kappa shape index (κ2) is 10.3. The lowest BCUT2D eigenvalue weighted by molar-refractivity contribution is -0.385. The molecule has 0 spiro atoms. The number of pyridine rings is 1. The average molecular weight is 485 g/mol. The van der Waals surface area contributed by atoms with Crippen molar-refractivity contribution in [2.75, 3.05) is 18.4 Å². The maximum Gasteiger partial charge on any atom is 0.287 e. The molecule has 10 nitrogen and oxygen atoms in total. The first-order valence-corrected chi connectivity index (χ1v) is 10.6. The quantitative estimate of drug-likeness (QED) is 0.181. The first kappa shape index (κ1) is 22.6. The van der Waals surface area contributed by atoms with Gasteiger partial charge >= 0.3 is 0 Å². The average Bonchev–Trinajstić information content (AvgIpc) is 3.34. The largest absolute Gasteiger partial charge is 0.369 e. The zero-order chi connectivity index (χ0) is 23.2. The lowest BCUT2D eigenvalue weighted by atomic mass is 10.1. The zero-order valence-electron chi connectivity index (χ0n) is 17.1. The number of aromatic nitrogens is 5. The molecule has 168 valence electrons. The fourth-order valence-corrected chi connectivity index (χ4v) is 3.55. The number of nitrogens with one attached hydrogen (secondary N) is 3. The Morgan fingerprint density at radius 2 is 1.91 bits per heavy atom. The lowest BCUT2D eigenvalue weighted by Crippen LogP contribution is -2.23. The zero-order valence-corrected chi connectivity index (χ0v) is 18.6. The van der Waals surface area contributed by atoms with Crippen molar-refractivity contribution in [3.63, 3.8) is 0 Å². The molecule has 0 saturated carbocycles. The summed E-state index contributed by atoms with van der Waals surface area (Å²) in [6.07, 6.45) is 6.31. The number of halogens is 2. The summed E-state index contributed by atoms with van der Waals surface area (Å²) in [6.45, 7) is 1.58. The number of H-pyrrole nitrogens is 1. The molecule has 0 unspecified atom stereocenters. The van der Waals surface area contributed by atoms with Crippen molar-refractivity contribution in [3.8, 4) is 22.6 Å². The van der Waals surface area contributed by atoms with Gasteiger partial charge in [0.1, 0.15) is 23.7 Å². The molecule has 1 aromatic carbocycles. The van der Waals surface area contributed by atoms with E-state index in [1.165, 1.54) is 12.3 Å². The molecule has 0 saturated heterocycles. The highest BCUT2D eigenvalue weighted by Crippen LogP contribution is 2.34. The van der Waals surface area contributed by atoms with Crippen molar-refractivity contribution in [2.24, 2.45) is 0 Å². The van der Waals surface area contributed by atoms with Crippen LogP contribution in [-0.2, 0) is 6.54 Å². The normalized spacial score (nSPS) is 10.8. The van der Waals surface area contributed by atoms with Crippen LogP contribution >= 0.6 is 23.2 Å². The number of nitro groups is 1. The maximum atomic E-state index is 10.7. The molecule has 0 amide bonds. The van der Waals surface area contributed by atoms with Crippen LogP contribution in [-0.4, -0.2) is 42.9 Å². The highest BCUT2D eigenvalue weighted by molar-refractivity contribution is 6.36. The van der Waals surface area contributed by atoms with Gasteiger partial charge in [-0.25, -0.2) is 19.9 Å². The Bertz CT molecular complexity index is 1250. The van der Waals surface area contributed by atoms with Crippen LogP contribution in [0.2, 0.25) is 10.0 Å². The van der Waals surface area contributed by atoms with Crippen LogP contribution in [0.4, 0.5) is 11.5 Å². The molecule has 0 aliphatic rings. The summed E-state index contributed by atoms with van der Waals surface area (Å²) in [6, 6.07) is 8.21. The molecular formula is C21H18Cl2N8O2. The number of aromatic amines is 1. The summed E-state index contributed by atoms with van der Waals surface area (Å²) in [5.74, 6) is 1.77. The summed E-state index contributed by atoms with van der Waals surface area (Å²) in [7, 11) is 0. The number of imidazole rings is 1. The van der Waals surface area contributed by atoms with E-state index in [0.717, 1.165) is 11.1 Å². The van der Waals surface area contributed by atoms with E-state index >= 15 is 0 Å². The number of nitrogens with zero attached hydrogens (tertiary/aromatic N) is 5. The van der Waals surface area contributed by atoms with Gasteiger partial charge in [0.15, 0.2) is 0 Å². The number of hydrogen-bond acceptors (Lipinski definition) is 8. The number of benzene rings is 1. The molecule has 4 rings (SSSR count). The molecule has 3 aromatic heterocycles. The predicted octanol–water partition coefficient (Wildman–Crippen LogP) is 4.35. The summed E-state index contributed by atoms with van der Waals surface area (Å²) >= 11 is 12.5. The first-order valence-electron chi connectivity index (χ1n) is 9.87. The summed E-state index contributed by atoms with van der Waals surface area (Å²) in [5.41, 5.74) is 2.04. The minimum Gasteiger partial charge on any atom is -0.369 e. The molecule has 0 bridgehead atoms. The van der Waals surface area contributed by atoms with E-state index < -0.39 is 4.92 Å². The molecule has 0 radical (unpaired) electrons. The fourth-order valence-electron chi connectivity index (χ4n) is 3.05. The number of hydrogen-bond donors (Lipinski definition) is 3. The predicted molar refractivity (Wildman–Crippen MR) is 126 cm³/mol. The van der Waals surface area contributed by atoms with Gasteiger partial charge < -0.3 is 15.6 Å². The molecule has 0 aliphatic heterocycles. The summed E-state index contributed by atoms with van der Waals surface area (Å²) in [5, 5.41) is 18.1. The third kappa shape index (κ3) is 5.61. The van der Waals surface area contributed by atoms with Gasteiger partial charge in [-0.1, -0.05) is 23.2 Å². The Morgan fingerprint density at radius 1 is 1.03 bits per heavy atom. The van der Waals surface area contributed by atoms with E-state index in [-0.39, 0.29) is 5.69 Å². The smallest absolute Gasteiger partial charge is 0.287 e. The second-order valence-corrected chi connectivity index (χ2v) is 7.72. The van der Waals surface area contributed by atoms with Crippen molar-refractivity contribution >= 4 is 34.7 Å². The maximum absolute atomic E-state index is 10.7. The van der Waals surface area contributed by atoms with Gasteiger partial charge in [-0.15, -0.1) is 0 Å². The van der Waals surface area contributed by atoms with Crippen LogP contribution in [0.25, 0.3) is 22.6 Å². The third-order valence-electron chi connectivity index (χ3n) is 4.63. The Labute approximate surface area is 198 Å². The monoisotopic (exact) mass is 484 g/mol. The molecule has 0 aliphatic carbocycles. The van der Waals surface area contributed by atoms with E-state index in [0.29, 0.717) is 52.8 Å². The second-order valence-electron chi connectivity index (χ2n) is 6.87. The van der Waals surface area contributed by atoms with Gasteiger partial charge in [0.25, 0.3) is 5.69 Å². The molecule has 0 atom stereocenters. The molecule has 4 aromatic rings. The Balaban J connectivity index is 1.42.